The minimum absolute atomic E-state index is 0.870. The predicted molar refractivity (Wildman–Crippen MR) is 64.8 cm³/mol. The molecule has 0 N–H and O–H groups in total. The number of hydrogen-bond donors (Lipinski definition) is 1. The lowest BCUT2D eigenvalue weighted by Gasteiger charge is -2.26. The van der Waals surface area contributed by atoms with Gasteiger partial charge in [0, 0.05) is 31.4 Å². The normalized spacial score (nSPS) is 11.8. The lowest BCUT2D eigenvalue weighted by atomic mass is 10.2. The summed E-state index contributed by atoms with van der Waals surface area (Å²) < 4.78 is 16.2. The van der Waals surface area contributed by atoms with E-state index in [-0.39, 0.29) is 0 Å². The van der Waals surface area contributed by atoms with Crippen molar-refractivity contribution in [2.24, 2.45) is 0 Å². The van der Waals surface area contributed by atoms with Crippen molar-refractivity contribution in [1.82, 2.24) is 0 Å². The fourth-order valence-corrected chi connectivity index (χ4v) is 3.99. The Morgan fingerprint density at radius 1 is 1.07 bits per heavy atom. The molecule has 1 aromatic rings. The Morgan fingerprint density at radius 3 is 2.07 bits per heavy atom. The first-order chi connectivity index (χ1) is 7.11. The summed E-state index contributed by atoms with van der Waals surface area (Å²) in [5, 5.41) is 0.901. The van der Waals surface area contributed by atoms with Gasteiger partial charge in [-0.3, -0.25) is 0 Å². The molecule has 0 bridgehead atoms. The maximum absolute atomic E-state index is 5.40. The zero-order chi connectivity index (χ0) is 11.5. The Labute approximate surface area is 97.1 Å². The zero-order valence-corrected chi connectivity index (χ0v) is 11.3. The average molecular weight is 244 g/mol. The predicted octanol–water partition coefficient (Wildman–Crippen LogP) is 1.37. The molecule has 0 fully saturated rings. The third kappa shape index (κ3) is 2.26. The first kappa shape index (κ1) is 12.7. The number of thiol groups is 1. The lowest BCUT2D eigenvalue weighted by Crippen LogP contribution is -2.55. The molecule has 84 valence electrons. The lowest BCUT2D eigenvalue weighted by molar-refractivity contribution is 0.140. The quantitative estimate of drug-likeness (QED) is 0.640. The van der Waals surface area contributed by atoms with Gasteiger partial charge in [0.1, 0.15) is 0 Å². The third-order valence-corrected chi connectivity index (χ3v) is 5.87. The molecule has 0 aromatic heterocycles. The van der Waals surface area contributed by atoms with E-state index in [0.29, 0.717) is 0 Å². The molecule has 0 atom stereocenters. The number of hydrogen-bond acceptors (Lipinski definition) is 4. The smallest absolute Gasteiger partial charge is 0.373 e. The Kier molecular flexibility index (Phi) is 4.36. The second-order valence-electron chi connectivity index (χ2n) is 3.14. The van der Waals surface area contributed by atoms with Gasteiger partial charge in [-0.25, -0.2) is 0 Å². The van der Waals surface area contributed by atoms with Gasteiger partial charge in [0.2, 0.25) is 0 Å². The molecule has 0 aliphatic rings. The van der Waals surface area contributed by atoms with Crippen LogP contribution in [0.4, 0.5) is 0 Å². The van der Waals surface area contributed by atoms with Crippen molar-refractivity contribution in [1.29, 1.82) is 0 Å². The Bertz CT molecular complexity index is 331. The van der Waals surface area contributed by atoms with Gasteiger partial charge in [-0.2, -0.15) is 0 Å². The molecule has 1 aromatic carbocycles. The molecular formula is C10H16O3SSi. The minimum atomic E-state index is -2.75. The highest BCUT2D eigenvalue weighted by molar-refractivity contribution is 7.80. The van der Waals surface area contributed by atoms with E-state index < -0.39 is 8.80 Å². The first-order valence-electron chi connectivity index (χ1n) is 4.55. The minimum Gasteiger partial charge on any atom is -0.373 e. The van der Waals surface area contributed by atoms with Gasteiger partial charge >= 0.3 is 8.80 Å². The van der Waals surface area contributed by atoms with Crippen LogP contribution in [0.5, 0.6) is 0 Å². The summed E-state index contributed by atoms with van der Waals surface area (Å²) in [5.74, 6) is 0. The largest absolute Gasteiger partial charge is 0.537 e. The zero-order valence-electron chi connectivity index (χ0n) is 9.40. The second-order valence-corrected chi connectivity index (χ2v) is 6.46. The van der Waals surface area contributed by atoms with Crippen molar-refractivity contribution in [2.75, 3.05) is 21.3 Å². The molecule has 3 nitrogen and oxygen atoms in total. The van der Waals surface area contributed by atoms with Gasteiger partial charge in [0.15, 0.2) is 0 Å². The standard InChI is InChI=1S/C10H16O3SSi/c1-8-6-5-7-9(10(8)14)15(11-2,12-3)13-4/h5-7,14H,1-4H3. The summed E-state index contributed by atoms with van der Waals surface area (Å²) in [5.41, 5.74) is 1.08. The number of benzene rings is 1. The van der Waals surface area contributed by atoms with Gasteiger partial charge < -0.3 is 13.3 Å². The summed E-state index contributed by atoms with van der Waals surface area (Å²) in [7, 11) is 2.03. The summed E-state index contributed by atoms with van der Waals surface area (Å²) >= 11 is 4.46. The fourth-order valence-electron chi connectivity index (χ4n) is 1.49. The third-order valence-electron chi connectivity index (χ3n) is 2.37. The van der Waals surface area contributed by atoms with Gasteiger partial charge in [0.25, 0.3) is 0 Å². The van der Waals surface area contributed by atoms with Crippen LogP contribution in [0.3, 0.4) is 0 Å². The molecule has 0 spiro atoms. The summed E-state index contributed by atoms with van der Waals surface area (Å²) in [6.07, 6.45) is 0. The number of rotatable bonds is 4. The van der Waals surface area contributed by atoms with E-state index in [1.54, 1.807) is 21.3 Å². The van der Waals surface area contributed by atoms with Gasteiger partial charge in [0.05, 0.1) is 0 Å². The van der Waals surface area contributed by atoms with Crippen LogP contribution in [-0.4, -0.2) is 30.1 Å². The van der Waals surface area contributed by atoms with Crippen molar-refractivity contribution in [3.8, 4) is 0 Å². The molecule has 0 unspecified atom stereocenters. The maximum Gasteiger partial charge on any atom is 0.537 e. The van der Waals surface area contributed by atoms with E-state index >= 15 is 0 Å². The summed E-state index contributed by atoms with van der Waals surface area (Å²) in [6.45, 7) is 1.99. The van der Waals surface area contributed by atoms with E-state index in [9.17, 15) is 0 Å². The molecule has 1 rings (SSSR count). The Hall–Kier alpha value is -0.333. The van der Waals surface area contributed by atoms with E-state index in [1.807, 2.05) is 25.1 Å². The van der Waals surface area contributed by atoms with E-state index in [1.165, 1.54) is 0 Å². The summed E-state index contributed by atoms with van der Waals surface area (Å²) in [6, 6.07) is 5.87. The Morgan fingerprint density at radius 2 is 1.60 bits per heavy atom. The van der Waals surface area contributed by atoms with Crippen LogP contribution in [0.1, 0.15) is 5.56 Å². The van der Waals surface area contributed by atoms with Crippen LogP contribution in [0, 0.1) is 6.92 Å². The van der Waals surface area contributed by atoms with Gasteiger partial charge in [-0.05, 0) is 12.5 Å². The molecule has 5 heteroatoms. The van der Waals surface area contributed by atoms with Crippen molar-refractivity contribution < 1.29 is 13.3 Å². The van der Waals surface area contributed by atoms with Crippen LogP contribution >= 0.6 is 12.6 Å². The van der Waals surface area contributed by atoms with Gasteiger partial charge in [-0.15, -0.1) is 12.6 Å². The molecule has 0 amide bonds. The molecule has 0 aliphatic carbocycles. The molecule has 0 radical (unpaired) electrons. The molecule has 15 heavy (non-hydrogen) atoms. The van der Waals surface area contributed by atoms with Crippen LogP contribution < -0.4 is 5.19 Å². The molecule has 0 heterocycles. The van der Waals surface area contributed by atoms with Crippen LogP contribution in [-0.2, 0) is 13.3 Å². The van der Waals surface area contributed by atoms with E-state index in [0.717, 1.165) is 15.6 Å². The SMILES string of the molecule is CO[Si](OC)(OC)c1cccc(C)c1S. The molecule has 0 aliphatic heterocycles. The van der Waals surface area contributed by atoms with Crippen LogP contribution in [0.25, 0.3) is 0 Å². The monoisotopic (exact) mass is 244 g/mol. The van der Waals surface area contributed by atoms with Crippen molar-refractivity contribution >= 4 is 26.6 Å². The summed E-state index contributed by atoms with van der Waals surface area (Å²) in [4.78, 5) is 0.870. The number of aryl methyl sites for hydroxylation is 1. The highest BCUT2D eigenvalue weighted by Crippen LogP contribution is 2.16. The van der Waals surface area contributed by atoms with Gasteiger partial charge in [-0.1, -0.05) is 18.2 Å². The average Bonchev–Trinajstić information content (AvgIpc) is 2.27. The molecule has 0 saturated carbocycles. The van der Waals surface area contributed by atoms with Crippen LogP contribution in [0.15, 0.2) is 23.1 Å². The van der Waals surface area contributed by atoms with E-state index in [2.05, 4.69) is 12.6 Å². The highest BCUT2D eigenvalue weighted by Gasteiger charge is 2.42. The first-order valence-corrected chi connectivity index (χ1v) is 6.73. The fraction of sp³-hybridized carbons (Fsp3) is 0.400. The maximum atomic E-state index is 5.40. The van der Waals surface area contributed by atoms with Crippen molar-refractivity contribution in [3.05, 3.63) is 23.8 Å². The molecular weight excluding hydrogens is 228 g/mol. The van der Waals surface area contributed by atoms with Crippen molar-refractivity contribution in [2.45, 2.75) is 11.8 Å². The highest BCUT2D eigenvalue weighted by atomic mass is 32.1. The Balaban J connectivity index is 3.28. The van der Waals surface area contributed by atoms with Crippen molar-refractivity contribution in [3.63, 3.8) is 0 Å². The van der Waals surface area contributed by atoms with E-state index in [4.69, 9.17) is 13.3 Å². The van der Waals surface area contributed by atoms with Crippen LogP contribution in [0.2, 0.25) is 0 Å². The molecule has 0 saturated heterocycles. The topological polar surface area (TPSA) is 27.7 Å². The second kappa shape index (κ2) is 5.13.